The Hall–Kier alpha value is -1.26. The molecule has 108 valence electrons. The van der Waals surface area contributed by atoms with Gasteiger partial charge in [0.1, 0.15) is 35.0 Å². The summed E-state index contributed by atoms with van der Waals surface area (Å²) in [5.41, 5.74) is 1.19. The number of thioether (sulfide) groups is 1. The molecule has 1 fully saturated rings. The molecule has 0 amide bonds. The fourth-order valence-corrected chi connectivity index (χ4v) is 2.75. The van der Waals surface area contributed by atoms with Gasteiger partial charge >= 0.3 is 0 Å². The maximum atomic E-state index is 10.00. The van der Waals surface area contributed by atoms with Gasteiger partial charge in [0.15, 0.2) is 11.5 Å². The first-order chi connectivity index (χ1) is 9.65. The van der Waals surface area contributed by atoms with Gasteiger partial charge in [-0.15, -0.1) is 11.8 Å². The molecule has 2 aromatic rings. The Balaban J connectivity index is 2.02. The topological polar surface area (TPSA) is 124 Å². The van der Waals surface area contributed by atoms with Crippen molar-refractivity contribution >= 4 is 22.9 Å². The second-order valence-electron chi connectivity index (χ2n) is 4.45. The fraction of sp³-hybridized carbons (Fsp3) is 0.545. The minimum absolute atomic E-state index is 0.247. The average Bonchev–Trinajstić information content (AvgIpc) is 3.04. The van der Waals surface area contributed by atoms with E-state index in [0.717, 1.165) is 0 Å². The molecule has 1 aliphatic heterocycles. The number of aromatic nitrogens is 4. The number of aliphatic hydroxyl groups is 3. The highest BCUT2D eigenvalue weighted by atomic mass is 32.2. The van der Waals surface area contributed by atoms with Crippen LogP contribution in [0.3, 0.4) is 0 Å². The number of aliphatic hydroxyl groups excluding tert-OH is 3. The lowest BCUT2D eigenvalue weighted by Crippen LogP contribution is -2.32. The molecule has 0 bridgehead atoms. The molecule has 9 heteroatoms. The lowest BCUT2D eigenvalue weighted by atomic mass is 10.1. The molecule has 20 heavy (non-hydrogen) atoms. The molecular formula is C11H14N4O4S. The van der Waals surface area contributed by atoms with E-state index in [2.05, 4.69) is 19.9 Å². The number of nitrogens with zero attached hydrogens (tertiary/aromatic N) is 3. The van der Waals surface area contributed by atoms with E-state index in [-0.39, 0.29) is 12.4 Å². The van der Waals surface area contributed by atoms with Gasteiger partial charge in [0.25, 0.3) is 0 Å². The van der Waals surface area contributed by atoms with Crippen LogP contribution < -0.4 is 0 Å². The Morgan fingerprint density at radius 2 is 2.15 bits per heavy atom. The van der Waals surface area contributed by atoms with Crippen LogP contribution in [0, 0.1) is 0 Å². The maximum Gasteiger partial charge on any atom is 0.182 e. The van der Waals surface area contributed by atoms with Gasteiger partial charge < -0.3 is 25.0 Å². The monoisotopic (exact) mass is 298 g/mol. The highest BCUT2D eigenvalue weighted by molar-refractivity contribution is 7.98. The molecule has 3 rings (SSSR count). The molecule has 1 unspecified atom stereocenters. The lowest BCUT2D eigenvalue weighted by molar-refractivity contribution is -0.0253. The zero-order valence-corrected chi connectivity index (χ0v) is 11.4. The minimum Gasteiger partial charge on any atom is -0.394 e. The van der Waals surface area contributed by atoms with Gasteiger partial charge in [-0.25, -0.2) is 15.0 Å². The molecule has 0 aliphatic carbocycles. The van der Waals surface area contributed by atoms with Crippen molar-refractivity contribution in [1.29, 1.82) is 0 Å². The number of aromatic amines is 1. The fourth-order valence-electron chi connectivity index (χ4n) is 2.21. The normalized spacial score (nSPS) is 30.2. The third-order valence-electron chi connectivity index (χ3n) is 3.26. The van der Waals surface area contributed by atoms with Gasteiger partial charge in [-0.2, -0.15) is 0 Å². The highest BCUT2D eigenvalue weighted by Crippen LogP contribution is 2.33. The Bertz CT molecular complexity index is 621. The Morgan fingerprint density at radius 3 is 2.80 bits per heavy atom. The predicted octanol–water partition coefficient (Wildman–Crippen LogP) is -0.771. The number of ether oxygens (including phenoxy) is 1. The van der Waals surface area contributed by atoms with Crippen LogP contribution in [-0.2, 0) is 4.74 Å². The van der Waals surface area contributed by atoms with Crippen molar-refractivity contribution in [3.05, 3.63) is 12.2 Å². The summed E-state index contributed by atoms with van der Waals surface area (Å²) in [7, 11) is 0. The number of hydrogen-bond acceptors (Lipinski definition) is 8. The Kier molecular flexibility index (Phi) is 3.61. The van der Waals surface area contributed by atoms with E-state index < -0.39 is 24.4 Å². The van der Waals surface area contributed by atoms with Crippen LogP contribution in [0.15, 0.2) is 11.4 Å². The summed E-state index contributed by atoms with van der Waals surface area (Å²) in [6.07, 6.45) is -0.691. The van der Waals surface area contributed by atoms with Crippen molar-refractivity contribution in [2.45, 2.75) is 29.4 Å². The van der Waals surface area contributed by atoms with Gasteiger partial charge in [0.05, 0.1) is 12.9 Å². The van der Waals surface area contributed by atoms with Crippen LogP contribution in [0.2, 0.25) is 0 Å². The molecule has 1 aliphatic rings. The summed E-state index contributed by atoms with van der Waals surface area (Å²) < 4.78 is 5.42. The van der Waals surface area contributed by atoms with Crippen LogP contribution in [-0.4, -0.2) is 66.4 Å². The van der Waals surface area contributed by atoms with E-state index in [9.17, 15) is 10.2 Å². The Labute approximate surface area is 118 Å². The molecule has 0 radical (unpaired) electrons. The smallest absolute Gasteiger partial charge is 0.182 e. The van der Waals surface area contributed by atoms with Gasteiger partial charge in [0.2, 0.25) is 0 Å². The van der Waals surface area contributed by atoms with Crippen molar-refractivity contribution in [2.24, 2.45) is 0 Å². The molecule has 8 nitrogen and oxygen atoms in total. The van der Waals surface area contributed by atoms with Crippen LogP contribution >= 0.6 is 11.8 Å². The second-order valence-corrected chi connectivity index (χ2v) is 5.25. The van der Waals surface area contributed by atoms with Gasteiger partial charge in [-0.05, 0) is 6.26 Å². The summed E-state index contributed by atoms with van der Waals surface area (Å²) in [5.74, 6) is 0.247. The molecule has 1 saturated heterocycles. The number of nitrogens with one attached hydrogen (secondary N) is 1. The standard InChI is InChI=1S/C11H14N4O4S/c1-20-11-5-9(13-3-12-5)14-10(15-11)8-7(18)6(17)4(2-16)19-8/h3-4,6-8,16-18H,2H2,1H3,(H,12,13,14,15)/t4-,6-,7-,8?/m1/s1. The molecule has 0 saturated carbocycles. The minimum atomic E-state index is -1.18. The number of fused-ring (bicyclic) bond motifs is 1. The summed E-state index contributed by atoms with van der Waals surface area (Å²) in [5, 5.41) is 29.5. The SMILES string of the molecule is CSc1nc(C2O[C@H](CO)[C@@H](O)[C@H]2O)nc2nc[nH]c12. The first-order valence-corrected chi connectivity index (χ1v) is 7.25. The van der Waals surface area contributed by atoms with E-state index >= 15 is 0 Å². The third kappa shape index (κ3) is 2.07. The van der Waals surface area contributed by atoms with Crippen LogP contribution in [0.4, 0.5) is 0 Å². The van der Waals surface area contributed by atoms with E-state index in [1.54, 1.807) is 0 Å². The van der Waals surface area contributed by atoms with Crippen molar-refractivity contribution < 1.29 is 20.1 Å². The third-order valence-corrected chi connectivity index (χ3v) is 3.94. The largest absolute Gasteiger partial charge is 0.394 e. The highest BCUT2D eigenvalue weighted by Gasteiger charge is 2.44. The zero-order chi connectivity index (χ0) is 14.3. The van der Waals surface area contributed by atoms with Crippen molar-refractivity contribution in [3.63, 3.8) is 0 Å². The van der Waals surface area contributed by atoms with E-state index in [4.69, 9.17) is 9.84 Å². The van der Waals surface area contributed by atoms with Gasteiger partial charge in [0, 0.05) is 0 Å². The summed E-state index contributed by atoms with van der Waals surface area (Å²) in [6.45, 7) is -0.380. The summed E-state index contributed by atoms with van der Waals surface area (Å²) in [4.78, 5) is 15.6. The second kappa shape index (κ2) is 5.26. The lowest BCUT2D eigenvalue weighted by Gasteiger charge is -2.13. The number of rotatable bonds is 3. The first kappa shape index (κ1) is 13.7. The van der Waals surface area contributed by atoms with Crippen LogP contribution in [0.5, 0.6) is 0 Å². The number of hydrogen-bond donors (Lipinski definition) is 4. The molecule has 2 aromatic heterocycles. The molecule has 0 aromatic carbocycles. The summed E-state index contributed by atoms with van der Waals surface area (Å²) in [6, 6.07) is 0. The van der Waals surface area contributed by atoms with Crippen LogP contribution in [0.25, 0.3) is 11.2 Å². The van der Waals surface area contributed by atoms with Gasteiger partial charge in [-0.3, -0.25) is 0 Å². The van der Waals surface area contributed by atoms with E-state index in [1.165, 1.54) is 18.1 Å². The molecule has 3 heterocycles. The average molecular weight is 298 g/mol. The molecule has 4 atom stereocenters. The predicted molar refractivity (Wildman–Crippen MR) is 70.2 cm³/mol. The molecular weight excluding hydrogens is 284 g/mol. The van der Waals surface area contributed by atoms with E-state index in [0.29, 0.717) is 16.2 Å². The van der Waals surface area contributed by atoms with E-state index in [1.807, 2.05) is 6.26 Å². The quantitative estimate of drug-likeness (QED) is 0.430. The zero-order valence-electron chi connectivity index (χ0n) is 10.6. The number of imidazole rings is 1. The summed E-state index contributed by atoms with van der Waals surface area (Å²) >= 11 is 1.41. The van der Waals surface area contributed by atoms with Crippen molar-refractivity contribution in [3.8, 4) is 0 Å². The molecule has 4 N–H and O–H groups in total. The van der Waals surface area contributed by atoms with Crippen molar-refractivity contribution in [2.75, 3.05) is 12.9 Å². The van der Waals surface area contributed by atoms with Gasteiger partial charge in [-0.1, -0.05) is 0 Å². The van der Waals surface area contributed by atoms with Crippen LogP contribution in [0.1, 0.15) is 11.9 Å². The number of H-pyrrole nitrogens is 1. The Morgan fingerprint density at radius 1 is 1.35 bits per heavy atom. The van der Waals surface area contributed by atoms with Crippen molar-refractivity contribution in [1.82, 2.24) is 19.9 Å². The first-order valence-electron chi connectivity index (χ1n) is 6.03. The molecule has 0 spiro atoms. The maximum absolute atomic E-state index is 10.00.